The van der Waals surface area contributed by atoms with E-state index in [1.165, 1.54) is 0 Å². The average Bonchev–Trinajstić information content (AvgIpc) is 2.56. The van der Waals surface area contributed by atoms with Crippen molar-refractivity contribution in [1.29, 1.82) is 0 Å². The predicted molar refractivity (Wildman–Crippen MR) is 99.7 cm³/mol. The lowest BCUT2D eigenvalue weighted by molar-refractivity contribution is 0.103. The molecule has 0 aliphatic rings. The Labute approximate surface area is 146 Å². The van der Waals surface area contributed by atoms with Gasteiger partial charge in [0.2, 0.25) is 0 Å². The molecule has 25 heavy (non-hydrogen) atoms. The summed E-state index contributed by atoms with van der Waals surface area (Å²) in [6.07, 6.45) is 0. The minimum atomic E-state index is -4.66. The molecular weight excluding hydrogens is 335 g/mol. The van der Waals surface area contributed by atoms with Crippen LogP contribution in [0.3, 0.4) is 0 Å². The Balaban J connectivity index is 2.49. The molecule has 0 aliphatic heterocycles. The lowest BCUT2D eigenvalue weighted by Crippen LogP contribution is -2.21. The number of rotatable bonds is 3. The summed E-state index contributed by atoms with van der Waals surface area (Å²) in [5.74, 6) is -0.372. The molecular formula is C20H19O4P. The van der Waals surface area contributed by atoms with Crippen LogP contribution in [0, 0.1) is 20.8 Å². The van der Waals surface area contributed by atoms with Gasteiger partial charge in [0.1, 0.15) is 0 Å². The Kier molecular flexibility index (Phi) is 4.38. The third-order valence-corrected chi connectivity index (χ3v) is 5.68. The smallest absolute Gasteiger partial charge is 0.321 e. The molecule has 3 aromatic rings. The number of carbonyl (C=O) groups is 1. The monoisotopic (exact) mass is 354 g/mol. The molecule has 2 N–H and O–H groups in total. The number of hydrogen-bond donors (Lipinski definition) is 2. The summed E-state index contributed by atoms with van der Waals surface area (Å²) >= 11 is 0. The molecule has 0 fully saturated rings. The minimum absolute atomic E-state index is 0.107. The maximum atomic E-state index is 13.1. The zero-order valence-electron chi connectivity index (χ0n) is 14.3. The Bertz CT molecular complexity index is 1030. The van der Waals surface area contributed by atoms with Crippen LogP contribution in [0.5, 0.6) is 0 Å². The number of aryl methyl sites for hydroxylation is 2. The average molecular weight is 354 g/mol. The third kappa shape index (κ3) is 2.93. The second-order valence-electron chi connectivity index (χ2n) is 6.21. The minimum Gasteiger partial charge on any atom is -0.321 e. The molecule has 5 heteroatoms. The molecule has 0 bridgehead atoms. The van der Waals surface area contributed by atoms with E-state index in [-0.39, 0.29) is 16.7 Å². The Morgan fingerprint density at radius 2 is 1.52 bits per heavy atom. The number of carbonyl (C=O) groups excluding carboxylic acids is 1. The van der Waals surface area contributed by atoms with E-state index >= 15 is 0 Å². The maximum absolute atomic E-state index is 13.1. The van der Waals surface area contributed by atoms with Gasteiger partial charge in [-0.2, -0.15) is 0 Å². The van der Waals surface area contributed by atoms with Crippen LogP contribution in [0.4, 0.5) is 0 Å². The van der Waals surface area contributed by atoms with E-state index < -0.39 is 7.60 Å². The van der Waals surface area contributed by atoms with Crippen LogP contribution in [-0.4, -0.2) is 15.6 Å². The van der Waals surface area contributed by atoms with E-state index in [0.717, 1.165) is 16.5 Å². The summed E-state index contributed by atoms with van der Waals surface area (Å²) in [5, 5.41) is 1.06. The van der Waals surface area contributed by atoms with Crippen molar-refractivity contribution in [3.63, 3.8) is 0 Å². The quantitative estimate of drug-likeness (QED) is 0.554. The predicted octanol–water partition coefficient (Wildman–Crippen LogP) is 3.80. The van der Waals surface area contributed by atoms with Gasteiger partial charge in [0, 0.05) is 11.1 Å². The Morgan fingerprint density at radius 1 is 0.880 bits per heavy atom. The van der Waals surface area contributed by atoms with Gasteiger partial charge in [-0.25, -0.2) is 0 Å². The van der Waals surface area contributed by atoms with Crippen LogP contribution in [0.1, 0.15) is 32.6 Å². The van der Waals surface area contributed by atoms with Crippen molar-refractivity contribution in [2.24, 2.45) is 0 Å². The Morgan fingerprint density at radius 3 is 2.12 bits per heavy atom. The van der Waals surface area contributed by atoms with Gasteiger partial charge in [0.25, 0.3) is 0 Å². The van der Waals surface area contributed by atoms with Crippen LogP contribution in [0.15, 0.2) is 48.5 Å². The number of hydrogen-bond acceptors (Lipinski definition) is 2. The second kappa shape index (κ2) is 6.23. The van der Waals surface area contributed by atoms with Crippen LogP contribution >= 0.6 is 7.60 Å². The fourth-order valence-electron chi connectivity index (χ4n) is 3.36. The number of ketones is 1. The van der Waals surface area contributed by atoms with E-state index in [1.807, 2.05) is 19.9 Å². The van der Waals surface area contributed by atoms with Crippen molar-refractivity contribution in [3.05, 3.63) is 76.3 Å². The maximum Gasteiger partial charge on any atom is 0.357 e. The molecule has 0 radical (unpaired) electrons. The van der Waals surface area contributed by atoms with Gasteiger partial charge in [-0.3, -0.25) is 9.36 Å². The van der Waals surface area contributed by atoms with E-state index in [2.05, 4.69) is 0 Å². The first kappa shape index (κ1) is 17.6. The van der Waals surface area contributed by atoms with Crippen molar-refractivity contribution in [2.45, 2.75) is 20.8 Å². The first-order valence-electron chi connectivity index (χ1n) is 7.92. The molecule has 0 spiro atoms. The van der Waals surface area contributed by atoms with Gasteiger partial charge in [-0.1, -0.05) is 48.5 Å². The van der Waals surface area contributed by atoms with Gasteiger partial charge in [-0.05, 0) is 48.2 Å². The van der Waals surface area contributed by atoms with E-state index in [4.69, 9.17) is 0 Å². The Hall–Kier alpha value is -2.26. The highest BCUT2D eigenvalue weighted by atomic mass is 31.2. The van der Waals surface area contributed by atoms with E-state index in [0.29, 0.717) is 16.5 Å². The van der Waals surface area contributed by atoms with Crippen LogP contribution in [0.25, 0.3) is 10.8 Å². The topological polar surface area (TPSA) is 74.6 Å². The highest BCUT2D eigenvalue weighted by molar-refractivity contribution is 7.61. The SMILES string of the molecule is Cc1c(C(=O)c2ccccc2)c(P(=O)(O)O)c2cccc(C)c2c1C. The molecule has 3 aromatic carbocycles. The molecule has 0 aliphatic carbocycles. The zero-order valence-corrected chi connectivity index (χ0v) is 15.2. The summed E-state index contributed by atoms with van der Waals surface area (Å²) in [5.41, 5.74) is 2.91. The van der Waals surface area contributed by atoms with Gasteiger partial charge in [-0.15, -0.1) is 0 Å². The normalized spacial score (nSPS) is 11.7. The second-order valence-corrected chi connectivity index (χ2v) is 7.75. The molecule has 0 aromatic heterocycles. The van der Waals surface area contributed by atoms with Crippen LogP contribution in [0.2, 0.25) is 0 Å². The van der Waals surface area contributed by atoms with E-state index in [9.17, 15) is 19.1 Å². The van der Waals surface area contributed by atoms with Crippen LogP contribution in [-0.2, 0) is 4.57 Å². The molecule has 0 unspecified atom stereocenters. The van der Waals surface area contributed by atoms with Crippen molar-refractivity contribution in [1.82, 2.24) is 0 Å². The van der Waals surface area contributed by atoms with Crippen molar-refractivity contribution >= 4 is 29.5 Å². The zero-order chi connectivity index (χ0) is 18.4. The number of fused-ring (bicyclic) bond motifs is 1. The summed E-state index contributed by atoms with van der Waals surface area (Å²) < 4.78 is 12.3. The molecule has 0 amide bonds. The van der Waals surface area contributed by atoms with Gasteiger partial charge in [0.15, 0.2) is 5.78 Å². The lowest BCUT2D eigenvalue weighted by atomic mass is 9.89. The lowest BCUT2D eigenvalue weighted by Gasteiger charge is -2.20. The standard InChI is InChI=1S/C20H19O4P/c1-12-8-7-11-16-17(12)13(2)14(3)18(20(16)25(22,23)24)19(21)15-9-5-4-6-10-15/h4-11H,1-3H3,(H2,22,23,24). The van der Waals surface area contributed by atoms with Crippen molar-refractivity contribution in [2.75, 3.05) is 0 Å². The fraction of sp³-hybridized carbons (Fsp3) is 0.150. The first-order chi connectivity index (χ1) is 11.7. The van der Waals surface area contributed by atoms with Crippen LogP contribution < -0.4 is 5.30 Å². The summed E-state index contributed by atoms with van der Waals surface area (Å²) in [7, 11) is -4.66. The molecule has 0 heterocycles. The molecule has 0 saturated carbocycles. The molecule has 3 rings (SSSR count). The highest BCUT2D eigenvalue weighted by Crippen LogP contribution is 2.41. The van der Waals surface area contributed by atoms with Crippen molar-refractivity contribution < 1.29 is 19.1 Å². The molecule has 128 valence electrons. The largest absolute Gasteiger partial charge is 0.357 e. The third-order valence-electron chi connectivity index (χ3n) is 4.63. The van der Waals surface area contributed by atoms with Crippen molar-refractivity contribution in [3.8, 4) is 0 Å². The number of benzene rings is 3. The summed E-state index contributed by atoms with van der Waals surface area (Å²) in [6, 6.07) is 13.9. The fourth-order valence-corrected chi connectivity index (χ4v) is 4.43. The van der Waals surface area contributed by atoms with Gasteiger partial charge >= 0.3 is 7.60 Å². The molecule has 4 nitrogen and oxygen atoms in total. The van der Waals surface area contributed by atoms with E-state index in [1.54, 1.807) is 49.4 Å². The van der Waals surface area contributed by atoms with Gasteiger partial charge < -0.3 is 9.79 Å². The summed E-state index contributed by atoms with van der Waals surface area (Å²) in [6.45, 7) is 5.53. The van der Waals surface area contributed by atoms with Gasteiger partial charge in [0.05, 0.1) is 5.30 Å². The molecule has 0 atom stereocenters. The summed E-state index contributed by atoms with van der Waals surface area (Å²) in [4.78, 5) is 33.1. The highest BCUT2D eigenvalue weighted by Gasteiger charge is 2.31. The molecule has 0 saturated heterocycles. The first-order valence-corrected chi connectivity index (χ1v) is 9.53.